The van der Waals surface area contributed by atoms with Crippen LogP contribution >= 0.6 is 0 Å². The maximum absolute atomic E-state index is 12.7. The largest absolute Gasteiger partial charge is 0.464 e. The minimum absolute atomic E-state index is 0.0866. The molecular weight excluding hydrogens is 394 g/mol. The summed E-state index contributed by atoms with van der Waals surface area (Å²) in [5.41, 5.74) is 2.25. The fraction of sp³-hybridized carbons (Fsp3) is 0.208. The molecule has 0 atom stereocenters. The molecule has 0 spiro atoms. The quantitative estimate of drug-likeness (QED) is 0.476. The van der Waals surface area contributed by atoms with Gasteiger partial charge in [0.25, 0.3) is 5.91 Å². The Labute approximate surface area is 179 Å². The summed E-state index contributed by atoms with van der Waals surface area (Å²) in [7, 11) is 1.70. The van der Waals surface area contributed by atoms with E-state index in [0.29, 0.717) is 36.4 Å². The van der Waals surface area contributed by atoms with Crippen molar-refractivity contribution in [3.63, 3.8) is 0 Å². The highest BCUT2D eigenvalue weighted by atomic mass is 16.4. The first-order valence-corrected chi connectivity index (χ1v) is 10.0. The molecule has 3 heterocycles. The zero-order chi connectivity index (χ0) is 21.8. The van der Waals surface area contributed by atoms with E-state index in [4.69, 9.17) is 8.83 Å². The van der Waals surface area contributed by atoms with Gasteiger partial charge in [0.15, 0.2) is 5.76 Å². The number of furan rings is 2. The fourth-order valence-corrected chi connectivity index (χ4v) is 3.32. The molecule has 2 amide bonds. The first-order chi connectivity index (χ1) is 15.0. The van der Waals surface area contributed by atoms with Gasteiger partial charge in [-0.1, -0.05) is 6.07 Å². The number of hydrogen-bond donors (Lipinski definition) is 1. The van der Waals surface area contributed by atoms with Gasteiger partial charge in [0.2, 0.25) is 5.91 Å². The number of hydrogen-bond acceptors (Lipinski definition) is 5. The van der Waals surface area contributed by atoms with Crippen molar-refractivity contribution in [2.24, 2.45) is 0 Å². The molecule has 1 aromatic carbocycles. The summed E-state index contributed by atoms with van der Waals surface area (Å²) >= 11 is 0. The van der Waals surface area contributed by atoms with Gasteiger partial charge in [0.1, 0.15) is 17.1 Å². The second kappa shape index (κ2) is 8.87. The van der Waals surface area contributed by atoms with E-state index in [1.54, 1.807) is 43.7 Å². The Morgan fingerprint density at radius 2 is 1.97 bits per heavy atom. The van der Waals surface area contributed by atoms with E-state index in [1.807, 2.05) is 31.2 Å². The van der Waals surface area contributed by atoms with Crippen molar-refractivity contribution in [3.8, 4) is 0 Å². The van der Waals surface area contributed by atoms with Crippen LogP contribution in [-0.4, -0.2) is 28.7 Å². The van der Waals surface area contributed by atoms with E-state index in [-0.39, 0.29) is 17.6 Å². The molecule has 31 heavy (non-hydrogen) atoms. The zero-order valence-electron chi connectivity index (χ0n) is 17.4. The number of amides is 2. The number of nitrogens with one attached hydrogen (secondary N) is 1. The molecule has 0 radical (unpaired) electrons. The lowest BCUT2D eigenvalue weighted by atomic mass is 10.1. The summed E-state index contributed by atoms with van der Waals surface area (Å²) in [5, 5.41) is 3.64. The number of aromatic nitrogens is 1. The summed E-state index contributed by atoms with van der Waals surface area (Å²) in [5.74, 6) is 1.42. The Balaban J connectivity index is 1.40. The molecule has 0 aliphatic heterocycles. The number of fused-ring (bicyclic) bond motifs is 1. The van der Waals surface area contributed by atoms with Gasteiger partial charge in [-0.25, -0.2) is 0 Å². The number of carbonyl (C=O) groups is 2. The number of rotatable bonds is 7. The summed E-state index contributed by atoms with van der Waals surface area (Å²) in [6, 6.07) is 14.5. The van der Waals surface area contributed by atoms with Crippen molar-refractivity contribution in [2.45, 2.75) is 26.3 Å². The first-order valence-electron chi connectivity index (χ1n) is 10.0. The van der Waals surface area contributed by atoms with Gasteiger partial charge in [-0.3, -0.25) is 14.6 Å². The van der Waals surface area contributed by atoms with E-state index in [0.717, 1.165) is 16.7 Å². The number of carbonyl (C=O) groups excluding carboxylic acids is 2. The van der Waals surface area contributed by atoms with Gasteiger partial charge in [-0.2, -0.15) is 0 Å². The molecule has 0 aliphatic carbocycles. The predicted octanol–water partition coefficient (Wildman–Crippen LogP) is 4.57. The molecule has 0 aliphatic rings. The van der Waals surface area contributed by atoms with Crippen molar-refractivity contribution < 1.29 is 18.4 Å². The molecule has 1 N–H and O–H groups in total. The van der Waals surface area contributed by atoms with Crippen LogP contribution in [0.4, 0.5) is 5.69 Å². The third kappa shape index (κ3) is 5.01. The Morgan fingerprint density at radius 1 is 1.10 bits per heavy atom. The molecule has 0 fully saturated rings. The van der Waals surface area contributed by atoms with Gasteiger partial charge in [-0.05, 0) is 61.4 Å². The highest BCUT2D eigenvalue weighted by Crippen LogP contribution is 2.24. The molecular formula is C24H23N3O4. The monoisotopic (exact) mass is 417 g/mol. The Kier molecular flexibility index (Phi) is 5.84. The molecule has 158 valence electrons. The van der Waals surface area contributed by atoms with Gasteiger partial charge >= 0.3 is 0 Å². The molecule has 0 bridgehead atoms. The van der Waals surface area contributed by atoms with Crippen LogP contribution in [0.3, 0.4) is 0 Å². The van der Waals surface area contributed by atoms with Crippen LogP contribution in [0.15, 0.2) is 69.8 Å². The van der Waals surface area contributed by atoms with Crippen molar-refractivity contribution >= 4 is 28.5 Å². The van der Waals surface area contributed by atoms with Crippen LogP contribution < -0.4 is 5.32 Å². The maximum atomic E-state index is 12.7. The van der Waals surface area contributed by atoms with Crippen molar-refractivity contribution in [1.29, 1.82) is 0 Å². The molecule has 0 unspecified atom stereocenters. The van der Waals surface area contributed by atoms with Gasteiger partial charge in [0, 0.05) is 36.9 Å². The van der Waals surface area contributed by atoms with E-state index >= 15 is 0 Å². The van der Waals surface area contributed by atoms with Gasteiger partial charge in [0.05, 0.1) is 6.54 Å². The summed E-state index contributed by atoms with van der Waals surface area (Å²) in [4.78, 5) is 30.6. The van der Waals surface area contributed by atoms with E-state index < -0.39 is 0 Å². The molecule has 4 rings (SSSR count). The maximum Gasteiger partial charge on any atom is 0.289 e. The lowest BCUT2D eigenvalue weighted by Crippen LogP contribution is -2.25. The third-order valence-corrected chi connectivity index (χ3v) is 4.91. The first kappa shape index (κ1) is 20.4. The predicted molar refractivity (Wildman–Crippen MR) is 117 cm³/mol. The molecule has 0 saturated heterocycles. The van der Waals surface area contributed by atoms with Crippen LogP contribution in [-0.2, 0) is 17.8 Å². The van der Waals surface area contributed by atoms with Crippen LogP contribution in [0.1, 0.15) is 34.1 Å². The molecule has 0 saturated carbocycles. The van der Waals surface area contributed by atoms with Crippen LogP contribution in [0.2, 0.25) is 0 Å². The Bertz CT molecular complexity index is 1210. The van der Waals surface area contributed by atoms with E-state index in [2.05, 4.69) is 10.3 Å². The van der Waals surface area contributed by atoms with Crippen LogP contribution in [0, 0.1) is 6.92 Å². The normalized spacial score (nSPS) is 10.9. The summed E-state index contributed by atoms with van der Waals surface area (Å²) in [6.45, 7) is 2.21. The second-order valence-electron chi connectivity index (χ2n) is 7.45. The number of benzene rings is 1. The number of anilines is 1. The topological polar surface area (TPSA) is 88.6 Å². The van der Waals surface area contributed by atoms with E-state index in [9.17, 15) is 9.59 Å². The average Bonchev–Trinajstić information content (AvgIpc) is 3.37. The van der Waals surface area contributed by atoms with Crippen LogP contribution in [0.5, 0.6) is 0 Å². The Morgan fingerprint density at radius 3 is 2.71 bits per heavy atom. The zero-order valence-corrected chi connectivity index (χ0v) is 17.4. The highest BCUT2D eigenvalue weighted by Gasteiger charge is 2.18. The SMILES string of the molecule is Cc1ccc(CN(C)C(=O)c2cc3cc(NC(=O)CCc4cccnc4)ccc3o2)o1. The number of nitrogens with zero attached hydrogens (tertiary/aromatic N) is 2. The van der Waals surface area contributed by atoms with Gasteiger partial charge < -0.3 is 19.1 Å². The standard InChI is InChI=1S/C24H23N3O4/c1-16-5-8-20(30-16)15-27(2)24(29)22-13-18-12-19(7-9-21(18)31-22)26-23(28)10-6-17-4-3-11-25-14-17/h3-5,7-9,11-14H,6,10,15H2,1-2H3,(H,26,28). The molecule has 7 nitrogen and oxygen atoms in total. The highest BCUT2D eigenvalue weighted by molar-refractivity contribution is 5.98. The molecule has 7 heteroatoms. The van der Waals surface area contributed by atoms with Crippen LogP contribution in [0.25, 0.3) is 11.0 Å². The van der Waals surface area contributed by atoms with Crippen molar-refractivity contribution in [1.82, 2.24) is 9.88 Å². The Hall–Kier alpha value is -3.87. The summed E-state index contributed by atoms with van der Waals surface area (Å²) < 4.78 is 11.2. The molecule has 4 aromatic rings. The van der Waals surface area contributed by atoms with Crippen molar-refractivity contribution in [2.75, 3.05) is 12.4 Å². The van der Waals surface area contributed by atoms with Gasteiger partial charge in [-0.15, -0.1) is 0 Å². The summed E-state index contributed by atoms with van der Waals surface area (Å²) in [6.07, 6.45) is 4.44. The average molecular weight is 417 g/mol. The molecule has 3 aromatic heterocycles. The second-order valence-corrected chi connectivity index (χ2v) is 7.45. The minimum Gasteiger partial charge on any atom is -0.464 e. The minimum atomic E-state index is -0.243. The smallest absolute Gasteiger partial charge is 0.289 e. The fourth-order valence-electron chi connectivity index (χ4n) is 3.32. The number of aryl methyl sites for hydroxylation is 2. The number of pyridine rings is 1. The third-order valence-electron chi connectivity index (χ3n) is 4.91. The van der Waals surface area contributed by atoms with E-state index in [1.165, 1.54) is 4.90 Å². The lowest BCUT2D eigenvalue weighted by Gasteiger charge is -2.13. The van der Waals surface area contributed by atoms with Crippen molar-refractivity contribution in [3.05, 3.63) is 83.8 Å². The lowest BCUT2D eigenvalue weighted by molar-refractivity contribution is -0.116.